The molecule has 0 aromatic heterocycles. The summed E-state index contributed by atoms with van der Waals surface area (Å²) >= 11 is 0. The Labute approximate surface area is 217 Å². The number of para-hydroxylation sites is 1. The Hall–Kier alpha value is -5.82. The van der Waals surface area contributed by atoms with Gasteiger partial charge in [-0.15, -0.1) is 0 Å². The third kappa shape index (κ3) is 4.45. The highest BCUT2D eigenvalue weighted by Crippen LogP contribution is 2.42. The van der Waals surface area contributed by atoms with Gasteiger partial charge >= 0.3 is 10.1 Å². The minimum Gasteiger partial charge on any atom is -0.504 e. The third-order valence-electron chi connectivity index (χ3n) is 5.40. The maximum atomic E-state index is 13.6. The number of rotatable bonds is 7. The first-order chi connectivity index (χ1) is 18.5. The van der Waals surface area contributed by atoms with E-state index in [4.69, 9.17) is 15.2 Å². The van der Waals surface area contributed by atoms with E-state index in [1.807, 2.05) is 0 Å². The number of hydrogen-bond donors (Lipinski definition) is 3. The average molecular weight is 548 g/mol. The molecule has 0 atom stereocenters. The number of carbonyl (C=O) groups is 3. The molecule has 0 fully saturated rings. The summed E-state index contributed by atoms with van der Waals surface area (Å²) in [5, 5.41) is 35.9. The molecule has 3 aromatic rings. The molecule has 1 aliphatic rings. The number of benzene rings is 3. The Morgan fingerprint density at radius 3 is 2.21 bits per heavy atom. The van der Waals surface area contributed by atoms with Gasteiger partial charge in [-0.3, -0.25) is 14.4 Å². The first kappa shape index (κ1) is 26.2. The van der Waals surface area contributed by atoms with E-state index >= 15 is 0 Å². The maximum absolute atomic E-state index is 13.6. The zero-order chi connectivity index (χ0) is 28.5. The molecule has 3 aromatic carbocycles. The van der Waals surface area contributed by atoms with Crippen molar-refractivity contribution in [1.29, 1.82) is 0 Å². The lowest BCUT2D eigenvalue weighted by molar-refractivity contribution is -0.111. The van der Waals surface area contributed by atoms with Gasteiger partial charge in [-0.2, -0.15) is 8.42 Å². The summed E-state index contributed by atoms with van der Waals surface area (Å²) in [4.78, 5) is 42.4. The van der Waals surface area contributed by atoms with Crippen LogP contribution >= 0.6 is 0 Å². The molecule has 194 valence electrons. The van der Waals surface area contributed by atoms with Gasteiger partial charge in [-0.1, -0.05) is 40.6 Å². The van der Waals surface area contributed by atoms with Crippen LogP contribution in [0.15, 0.2) is 70.5 Å². The molecule has 0 saturated carbocycles. The zero-order valence-corrected chi connectivity index (χ0v) is 19.9. The van der Waals surface area contributed by atoms with E-state index in [1.54, 1.807) is 0 Å². The highest BCUT2D eigenvalue weighted by molar-refractivity contribution is 7.96. The van der Waals surface area contributed by atoms with Gasteiger partial charge < -0.3 is 19.5 Å². The second kappa shape index (κ2) is 9.91. The van der Waals surface area contributed by atoms with E-state index in [0.717, 1.165) is 36.4 Å². The van der Waals surface area contributed by atoms with Crippen molar-refractivity contribution in [3.8, 4) is 23.0 Å². The number of Topliss-reactive ketones (excluding diaryl/α,β-unsaturated/α-hetero) is 2. The van der Waals surface area contributed by atoms with Crippen LogP contribution in [0.2, 0.25) is 0 Å². The first-order valence-electron chi connectivity index (χ1n) is 10.4. The molecule has 15 nitrogen and oxygen atoms in total. The van der Waals surface area contributed by atoms with Crippen LogP contribution in [-0.2, 0) is 14.9 Å². The average Bonchev–Trinajstić information content (AvgIpc) is 2.90. The van der Waals surface area contributed by atoms with Crippen molar-refractivity contribution in [1.82, 2.24) is 0 Å². The van der Waals surface area contributed by atoms with Crippen molar-refractivity contribution in [3.05, 3.63) is 103 Å². The first-order valence-corrected chi connectivity index (χ1v) is 11.8. The quantitative estimate of drug-likeness (QED) is 0.0728. The summed E-state index contributed by atoms with van der Waals surface area (Å²) in [5.41, 5.74) is 14.3. The van der Waals surface area contributed by atoms with E-state index in [9.17, 15) is 38.1 Å². The zero-order valence-electron chi connectivity index (χ0n) is 19.1. The van der Waals surface area contributed by atoms with Gasteiger partial charge in [-0.25, -0.2) is 0 Å². The van der Waals surface area contributed by atoms with Crippen LogP contribution in [0.4, 0.5) is 5.69 Å². The monoisotopic (exact) mass is 548 g/mol. The normalized spacial score (nSPS) is 12.7. The molecule has 1 aliphatic carbocycles. The predicted octanol–water partition coefficient (Wildman–Crippen LogP) is 4.13. The Bertz CT molecular complexity index is 1850. The van der Waals surface area contributed by atoms with Crippen molar-refractivity contribution >= 4 is 38.1 Å². The van der Waals surface area contributed by atoms with Crippen LogP contribution in [0.1, 0.15) is 31.8 Å². The summed E-state index contributed by atoms with van der Waals surface area (Å²) in [6.07, 6.45) is 0. The minimum atomic E-state index is -5.23. The predicted molar refractivity (Wildman–Crippen MR) is 132 cm³/mol. The number of hydrogen-bond acceptors (Lipinski definition) is 11. The molecule has 4 rings (SSSR count). The second-order valence-electron chi connectivity index (χ2n) is 7.61. The number of azide groups is 2. The van der Waals surface area contributed by atoms with Gasteiger partial charge in [0.15, 0.2) is 17.2 Å². The lowest BCUT2D eigenvalue weighted by Gasteiger charge is -2.21. The third-order valence-corrected chi connectivity index (χ3v) is 6.70. The van der Waals surface area contributed by atoms with Gasteiger partial charge in [0.05, 0.1) is 11.1 Å². The highest BCUT2D eigenvalue weighted by Gasteiger charge is 2.41. The summed E-state index contributed by atoms with van der Waals surface area (Å²) in [5.74, 6) is -7.09. The van der Waals surface area contributed by atoms with E-state index in [1.165, 1.54) is 18.2 Å². The van der Waals surface area contributed by atoms with Crippen LogP contribution < -0.4 is 4.18 Å². The molecule has 0 heterocycles. The fourth-order valence-electron chi connectivity index (χ4n) is 3.71. The van der Waals surface area contributed by atoms with Crippen LogP contribution in [0.25, 0.3) is 25.8 Å². The molecule has 0 aliphatic heterocycles. The lowest BCUT2D eigenvalue weighted by Crippen LogP contribution is -2.27. The summed E-state index contributed by atoms with van der Waals surface area (Å²) in [6, 6.07) is 10.1. The number of ketones is 3. The van der Waals surface area contributed by atoms with Gasteiger partial charge in [-0.05, 0) is 35.3 Å². The van der Waals surface area contributed by atoms with Gasteiger partial charge in [0.1, 0.15) is 10.6 Å². The fourth-order valence-corrected chi connectivity index (χ4v) is 5.01. The van der Waals surface area contributed by atoms with Crippen LogP contribution in [0.3, 0.4) is 0 Å². The largest absolute Gasteiger partial charge is 0.504 e. The van der Waals surface area contributed by atoms with Crippen LogP contribution in [-0.4, -0.2) is 41.1 Å². The fraction of sp³-hybridized carbons (Fsp3) is 0. The Morgan fingerprint density at radius 1 is 0.821 bits per heavy atom. The molecule has 0 saturated heterocycles. The molecule has 39 heavy (non-hydrogen) atoms. The smallest absolute Gasteiger partial charge is 0.340 e. The van der Waals surface area contributed by atoms with E-state index in [0.29, 0.717) is 0 Å². The van der Waals surface area contributed by atoms with Crippen LogP contribution in [0, 0.1) is 0 Å². The molecule has 0 bridgehead atoms. The lowest BCUT2D eigenvalue weighted by atomic mass is 9.92. The Kier molecular flexibility index (Phi) is 6.67. The highest BCUT2D eigenvalue weighted by atomic mass is 32.2. The summed E-state index contributed by atoms with van der Waals surface area (Å²) < 4.78 is 32.4. The van der Waals surface area contributed by atoms with Crippen molar-refractivity contribution in [2.45, 2.75) is 0 Å². The maximum Gasteiger partial charge on any atom is 0.340 e. The molecule has 0 radical (unpaired) electrons. The Balaban J connectivity index is 1.93. The molecule has 3 N–H and O–H groups in total. The topological polar surface area (TPSA) is 253 Å². The van der Waals surface area contributed by atoms with E-state index in [2.05, 4.69) is 20.1 Å². The number of carbonyl (C=O) groups excluding carboxylic acids is 3. The molecule has 0 unspecified atom stereocenters. The number of nitrogens with zero attached hydrogens (tertiary/aromatic N) is 6. The van der Waals surface area contributed by atoms with Crippen LogP contribution in [0.5, 0.6) is 23.0 Å². The SMILES string of the molecule is [N-]=[N+]=NC1=C(S(=O)(=O)Oc2ccccc2C(=O)c2ccc(O)c(O)c2O)c2c(N=[N+]=[N-])cccc2C(=O)C1=O. The van der Waals surface area contributed by atoms with Gasteiger partial charge in [0.2, 0.25) is 23.1 Å². The van der Waals surface area contributed by atoms with Gasteiger partial charge in [0.25, 0.3) is 0 Å². The Morgan fingerprint density at radius 2 is 1.51 bits per heavy atom. The number of phenols is 3. The van der Waals surface area contributed by atoms with E-state index < -0.39 is 89.0 Å². The molecule has 16 heteroatoms. The number of aromatic hydroxyl groups is 3. The second-order valence-corrected chi connectivity index (χ2v) is 9.09. The number of allylic oxidation sites excluding steroid dienone is 1. The van der Waals surface area contributed by atoms with E-state index in [-0.39, 0.29) is 0 Å². The van der Waals surface area contributed by atoms with Crippen molar-refractivity contribution in [3.63, 3.8) is 0 Å². The molecular formula is C23H12N6O9S. The molecule has 0 amide bonds. The number of fused-ring (bicyclic) bond motifs is 1. The minimum absolute atomic E-state index is 0.405. The summed E-state index contributed by atoms with van der Waals surface area (Å²) in [6.45, 7) is 0. The standard InChI is InChI=1S/C23H12N6O9S/c24-28-26-13-6-3-5-11-16(13)23(17(27-29-25)22(35)19(11)32)39(36,37)38-15-7-2-1-4-10(15)18(31)12-8-9-14(30)21(34)20(12)33/h1-9,30,33-34H. The van der Waals surface area contributed by atoms with Crippen molar-refractivity contribution in [2.24, 2.45) is 10.2 Å². The van der Waals surface area contributed by atoms with Crippen molar-refractivity contribution < 1.29 is 42.3 Å². The van der Waals surface area contributed by atoms with Crippen molar-refractivity contribution in [2.75, 3.05) is 0 Å². The molecular weight excluding hydrogens is 536 g/mol. The molecule has 0 spiro atoms. The number of phenolic OH excluding ortho intramolecular Hbond substituents is 3. The summed E-state index contributed by atoms with van der Waals surface area (Å²) in [7, 11) is -5.23. The van der Waals surface area contributed by atoms with Gasteiger partial charge in [0, 0.05) is 26.6 Å².